The van der Waals surface area contributed by atoms with E-state index in [0.717, 1.165) is 24.0 Å². The summed E-state index contributed by atoms with van der Waals surface area (Å²) in [6.45, 7) is 1.13. The number of nitrogens with two attached hydrogens (primary N) is 1. The van der Waals surface area contributed by atoms with Crippen LogP contribution in [0, 0.1) is 5.41 Å². The van der Waals surface area contributed by atoms with Gasteiger partial charge in [-0.05, 0) is 35.9 Å². The number of nitrogens with one attached hydrogen (secondary N) is 1. The highest BCUT2D eigenvalue weighted by molar-refractivity contribution is 5.76. The number of hydrogen-bond donors (Lipinski definition) is 3. The van der Waals surface area contributed by atoms with E-state index in [0.29, 0.717) is 19.5 Å². The van der Waals surface area contributed by atoms with Crippen LogP contribution in [0.15, 0.2) is 24.3 Å². The van der Waals surface area contributed by atoms with Gasteiger partial charge in [0.05, 0.1) is 6.61 Å². The molecule has 0 saturated heterocycles. The van der Waals surface area contributed by atoms with Gasteiger partial charge in [-0.2, -0.15) is 0 Å². The first-order valence-corrected chi connectivity index (χ1v) is 6.83. The molecule has 0 atom stereocenters. The predicted molar refractivity (Wildman–Crippen MR) is 74.2 cm³/mol. The zero-order chi connectivity index (χ0) is 13.7. The lowest BCUT2D eigenvalue weighted by Gasteiger charge is -2.40. The lowest BCUT2D eigenvalue weighted by Crippen LogP contribution is -2.41. The summed E-state index contributed by atoms with van der Waals surface area (Å²) >= 11 is 0. The summed E-state index contributed by atoms with van der Waals surface area (Å²) in [5.74, 6) is 0.0690. The normalized spacial score (nSPS) is 16.7. The van der Waals surface area contributed by atoms with E-state index in [4.69, 9.17) is 10.8 Å². The number of carbonyl (C=O) groups excluding carboxylic acids is 1. The van der Waals surface area contributed by atoms with Crippen LogP contribution in [0.3, 0.4) is 0 Å². The Morgan fingerprint density at radius 3 is 2.68 bits per heavy atom. The molecule has 4 nitrogen and oxygen atoms in total. The predicted octanol–water partition coefficient (Wildman–Crippen LogP) is 1.31. The molecule has 0 spiro atoms. The van der Waals surface area contributed by atoms with Crippen molar-refractivity contribution in [1.29, 1.82) is 0 Å². The first kappa shape index (κ1) is 14.0. The van der Waals surface area contributed by atoms with Gasteiger partial charge in [0.1, 0.15) is 0 Å². The maximum absolute atomic E-state index is 11.9. The van der Waals surface area contributed by atoms with Crippen LogP contribution in [0.25, 0.3) is 0 Å². The summed E-state index contributed by atoms with van der Waals surface area (Å²) in [5, 5.41) is 12.0. The Morgan fingerprint density at radius 2 is 2.11 bits per heavy atom. The minimum absolute atomic E-state index is 0.0259. The van der Waals surface area contributed by atoms with E-state index in [9.17, 15) is 4.79 Å². The van der Waals surface area contributed by atoms with Crippen molar-refractivity contribution < 1.29 is 9.90 Å². The molecule has 0 radical (unpaired) electrons. The molecule has 1 aliphatic carbocycles. The minimum atomic E-state index is 0.0259. The Hall–Kier alpha value is -1.39. The molecular formula is C15H22N2O2. The molecular weight excluding hydrogens is 240 g/mol. The molecule has 2 rings (SSSR count). The van der Waals surface area contributed by atoms with E-state index in [1.165, 1.54) is 6.42 Å². The zero-order valence-corrected chi connectivity index (χ0v) is 11.2. The van der Waals surface area contributed by atoms with Crippen LogP contribution in [-0.2, 0) is 17.9 Å². The van der Waals surface area contributed by atoms with Gasteiger partial charge in [0.15, 0.2) is 0 Å². The van der Waals surface area contributed by atoms with Crippen molar-refractivity contribution in [2.75, 3.05) is 6.54 Å². The fraction of sp³-hybridized carbons (Fsp3) is 0.533. The molecule has 1 fully saturated rings. The Morgan fingerprint density at radius 1 is 1.37 bits per heavy atom. The van der Waals surface area contributed by atoms with E-state index < -0.39 is 0 Å². The highest BCUT2D eigenvalue weighted by atomic mass is 16.3. The SMILES string of the molecule is NCC1(CC(=O)NCc2cccc(CO)c2)CCC1. The summed E-state index contributed by atoms with van der Waals surface area (Å²) in [6, 6.07) is 7.60. The maximum atomic E-state index is 11.9. The summed E-state index contributed by atoms with van der Waals surface area (Å²) < 4.78 is 0. The number of carbonyl (C=O) groups is 1. The Labute approximate surface area is 114 Å². The van der Waals surface area contributed by atoms with Gasteiger partial charge in [-0.1, -0.05) is 30.7 Å². The number of benzene rings is 1. The van der Waals surface area contributed by atoms with Crippen LogP contribution >= 0.6 is 0 Å². The molecule has 1 aliphatic rings. The number of aliphatic hydroxyl groups excluding tert-OH is 1. The van der Waals surface area contributed by atoms with Gasteiger partial charge >= 0.3 is 0 Å². The summed E-state index contributed by atoms with van der Waals surface area (Å²) in [7, 11) is 0. The van der Waals surface area contributed by atoms with Gasteiger partial charge in [0.2, 0.25) is 5.91 Å². The van der Waals surface area contributed by atoms with Crippen LogP contribution < -0.4 is 11.1 Å². The summed E-state index contributed by atoms with van der Waals surface area (Å²) in [5.41, 5.74) is 7.68. The van der Waals surface area contributed by atoms with Gasteiger partial charge in [0.25, 0.3) is 0 Å². The molecule has 104 valence electrons. The quantitative estimate of drug-likeness (QED) is 0.723. The molecule has 1 aromatic rings. The van der Waals surface area contributed by atoms with Crippen molar-refractivity contribution in [2.45, 2.75) is 38.8 Å². The number of hydrogen-bond acceptors (Lipinski definition) is 3. The van der Waals surface area contributed by atoms with E-state index >= 15 is 0 Å². The smallest absolute Gasteiger partial charge is 0.220 e. The average molecular weight is 262 g/mol. The zero-order valence-electron chi connectivity index (χ0n) is 11.2. The highest BCUT2D eigenvalue weighted by Crippen LogP contribution is 2.42. The van der Waals surface area contributed by atoms with Crippen LogP contribution in [0.4, 0.5) is 0 Å². The topological polar surface area (TPSA) is 75.4 Å². The standard InChI is InChI=1S/C15H22N2O2/c16-11-15(5-2-6-15)8-14(19)17-9-12-3-1-4-13(7-12)10-18/h1,3-4,7,18H,2,5-6,8-11,16H2,(H,17,19). The van der Waals surface area contributed by atoms with Crippen LogP contribution in [-0.4, -0.2) is 17.6 Å². The van der Waals surface area contributed by atoms with Crippen molar-refractivity contribution in [3.63, 3.8) is 0 Å². The molecule has 1 saturated carbocycles. The second-order valence-electron chi connectivity index (χ2n) is 5.49. The van der Waals surface area contributed by atoms with Gasteiger partial charge < -0.3 is 16.2 Å². The van der Waals surface area contributed by atoms with Crippen molar-refractivity contribution in [1.82, 2.24) is 5.32 Å². The van der Waals surface area contributed by atoms with Crippen molar-refractivity contribution in [3.05, 3.63) is 35.4 Å². The summed E-state index contributed by atoms with van der Waals surface area (Å²) in [6.07, 6.45) is 3.85. The third kappa shape index (κ3) is 3.55. The molecule has 0 heterocycles. The van der Waals surface area contributed by atoms with Crippen molar-refractivity contribution in [3.8, 4) is 0 Å². The van der Waals surface area contributed by atoms with E-state index in [2.05, 4.69) is 5.32 Å². The molecule has 4 heteroatoms. The first-order valence-electron chi connectivity index (χ1n) is 6.83. The van der Waals surface area contributed by atoms with Crippen molar-refractivity contribution >= 4 is 5.91 Å². The van der Waals surface area contributed by atoms with Crippen LogP contribution in [0.1, 0.15) is 36.8 Å². The van der Waals surface area contributed by atoms with Gasteiger partial charge in [0, 0.05) is 13.0 Å². The van der Waals surface area contributed by atoms with E-state index in [-0.39, 0.29) is 17.9 Å². The lowest BCUT2D eigenvalue weighted by molar-refractivity contribution is -0.124. The average Bonchev–Trinajstić information content (AvgIpc) is 2.41. The fourth-order valence-electron chi connectivity index (χ4n) is 2.57. The van der Waals surface area contributed by atoms with E-state index in [1.807, 2.05) is 24.3 Å². The molecule has 0 aromatic heterocycles. The minimum Gasteiger partial charge on any atom is -0.392 e. The molecule has 1 amide bonds. The lowest BCUT2D eigenvalue weighted by atomic mass is 9.66. The molecule has 4 N–H and O–H groups in total. The maximum Gasteiger partial charge on any atom is 0.220 e. The second kappa shape index (κ2) is 6.17. The molecule has 19 heavy (non-hydrogen) atoms. The monoisotopic (exact) mass is 262 g/mol. The Balaban J connectivity index is 1.82. The highest BCUT2D eigenvalue weighted by Gasteiger charge is 2.37. The molecule has 0 bridgehead atoms. The van der Waals surface area contributed by atoms with Gasteiger partial charge in [-0.15, -0.1) is 0 Å². The Kier molecular flexibility index (Phi) is 4.56. The molecule has 0 unspecified atom stereocenters. The first-order chi connectivity index (χ1) is 9.17. The Bertz CT molecular complexity index is 436. The molecule has 1 aromatic carbocycles. The number of rotatable bonds is 6. The summed E-state index contributed by atoms with van der Waals surface area (Å²) in [4.78, 5) is 11.9. The van der Waals surface area contributed by atoms with Crippen molar-refractivity contribution in [2.24, 2.45) is 11.1 Å². The third-order valence-electron chi connectivity index (χ3n) is 4.05. The van der Waals surface area contributed by atoms with Crippen LogP contribution in [0.2, 0.25) is 0 Å². The molecule has 0 aliphatic heterocycles. The number of amides is 1. The second-order valence-corrected chi connectivity index (χ2v) is 5.49. The third-order valence-corrected chi connectivity index (χ3v) is 4.05. The van der Waals surface area contributed by atoms with Gasteiger partial charge in [-0.25, -0.2) is 0 Å². The van der Waals surface area contributed by atoms with Gasteiger partial charge in [-0.3, -0.25) is 4.79 Å². The largest absolute Gasteiger partial charge is 0.392 e. The number of aliphatic hydroxyl groups is 1. The van der Waals surface area contributed by atoms with E-state index in [1.54, 1.807) is 0 Å². The fourth-order valence-corrected chi connectivity index (χ4v) is 2.57. The van der Waals surface area contributed by atoms with Crippen LogP contribution in [0.5, 0.6) is 0 Å².